The number of carbonyl (C=O) groups is 1. The summed E-state index contributed by atoms with van der Waals surface area (Å²) in [5.74, 6) is -0.241. The second kappa shape index (κ2) is 7.60. The number of sulfonamides is 1. The first-order valence-electron chi connectivity index (χ1n) is 8.83. The molecule has 6 heteroatoms. The standard InChI is InChI=1S/C20H24N2O3S/c1-15-10-12-17(13-11-15)16(2)21-20(23)19-9-6-14-22(19)26(24,25)18-7-4-3-5-8-18/h3-5,7-8,10-13,16,19H,6,9,14H2,1-2H3,(H,21,23). The zero-order valence-electron chi connectivity index (χ0n) is 15.1. The molecule has 1 aliphatic heterocycles. The third-order valence-corrected chi connectivity index (χ3v) is 6.71. The van der Waals surface area contributed by atoms with Crippen molar-refractivity contribution in [2.45, 2.75) is 43.7 Å². The van der Waals surface area contributed by atoms with E-state index >= 15 is 0 Å². The predicted molar refractivity (Wildman–Crippen MR) is 101 cm³/mol. The number of nitrogens with zero attached hydrogens (tertiary/aromatic N) is 1. The Morgan fingerprint density at radius 1 is 1.12 bits per heavy atom. The summed E-state index contributed by atoms with van der Waals surface area (Å²) >= 11 is 0. The molecule has 26 heavy (non-hydrogen) atoms. The number of aryl methyl sites for hydroxylation is 1. The van der Waals surface area contributed by atoms with Crippen LogP contribution in [0.4, 0.5) is 0 Å². The number of hydrogen-bond donors (Lipinski definition) is 1. The third kappa shape index (κ3) is 3.81. The summed E-state index contributed by atoms with van der Waals surface area (Å²) in [5.41, 5.74) is 2.16. The fourth-order valence-corrected chi connectivity index (χ4v) is 4.94. The molecule has 0 saturated carbocycles. The molecule has 1 N–H and O–H groups in total. The van der Waals surface area contributed by atoms with Crippen molar-refractivity contribution in [1.82, 2.24) is 9.62 Å². The van der Waals surface area contributed by atoms with Gasteiger partial charge < -0.3 is 5.32 Å². The molecule has 0 bridgehead atoms. The van der Waals surface area contributed by atoms with Crippen molar-refractivity contribution in [3.63, 3.8) is 0 Å². The van der Waals surface area contributed by atoms with Crippen molar-refractivity contribution in [1.29, 1.82) is 0 Å². The first-order valence-corrected chi connectivity index (χ1v) is 10.3. The Morgan fingerprint density at radius 3 is 2.42 bits per heavy atom. The average molecular weight is 372 g/mol. The lowest BCUT2D eigenvalue weighted by Crippen LogP contribution is -2.46. The molecule has 0 spiro atoms. The van der Waals surface area contributed by atoms with E-state index < -0.39 is 16.1 Å². The maximum Gasteiger partial charge on any atom is 0.243 e. The zero-order chi connectivity index (χ0) is 18.7. The topological polar surface area (TPSA) is 66.5 Å². The molecule has 138 valence electrons. The van der Waals surface area contributed by atoms with Gasteiger partial charge in [-0.3, -0.25) is 4.79 Å². The van der Waals surface area contributed by atoms with E-state index in [-0.39, 0.29) is 16.8 Å². The van der Waals surface area contributed by atoms with Crippen LogP contribution < -0.4 is 5.32 Å². The van der Waals surface area contributed by atoms with Gasteiger partial charge in [-0.25, -0.2) is 8.42 Å². The molecule has 0 radical (unpaired) electrons. The van der Waals surface area contributed by atoms with Gasteiger partial charge in [0.2, 0.25) is 15.9 Å². The summed E-state index contributed by atoms with van der Waals surface area (Å²) in [6.07, 6.45) is 1.22. The van der Waals surface area contributed by atoms with Gasteiger partial charge in [0, 0.05) is 6.54 Å². The lowest BCUT2D eigenvalue weighted by atomic mass is 10.1. The van der Waals surface area contributed by atoms with Crippen molar-refractivity contribution in [3.8, 4) is 0 Å². The van der Waals surface area contributed by atoms with E-state index in [0.717, 1.165) is 11.1 Å². The average Bonchev–Trinajstić information content (AvgIpc) is 3.14. The summed E-state index contributed by atoms with van der Waals surface area (Å²) in [5, 5.41) is 2.97. The summed E-state index contributed by atoms with van der Waals surface area (Å²) in [7, 11) is -3.67. The molecule has 0 aliphatic carbocycles. The molecule has 2 aromatic rings. The Bertz CT molecular complexity index is 864. The molecule has 1 amide bonds. The molecular weight excluding hydrogens is 348 g/mol. The third-order valence-electron chi connectivity index (χ3n) is 4.79. The summed E-state index contributed by atoms with van der Waals surface area (Å²) in [6, 6.07) is 15.4. The smallest absolute Gasteiger partial charge is 0.243 e. The van der Waals surface area contributed by atoms with Gasteiger partial charge in [0.25, 0.3) is 0 Å². The highest BCUT2D eigenvalue weighted by Crippen LogP contribution is 2.26. The number of hydrogen-bond acceptors (Lipinski definition) is 3. The van der Waals surface area contributed by atoms with E-state index in [0.29, 0.717) is 19.4 Å². The predicted octanol–water partition coefficient (Wildman–Crippen LogP) is 3.03. The van der Waals surface area contributed by atoms with E-state index in [1.807, 2.05) is 38.1 Å². The molecule has 2 aromatic carbocycles. The van der Waals surface area contributed by atoms with E-state index in [9.17, 15) is 13.2 Å². The number of benzene rings is 2. The monoisotopic (exact) mass is 372 g/mol. The fourth-order valence-electron chi connectivity index (χ4n) is 3.27. The molecule has 3 rings (SSSR count). The van der Waals surface area contributed by atoms with Gasteiger partial charge in [0.05, 0.1) is 10.9 Å². The maximum absolute atomic E-state index is 12.9. The van der Waals surface area contributed by atoms with Crippen molar-refractivity contribution in [2.75, 3.05) is 6.54 Å². The number of carbonyl (C=O) groups excluding carboxylic acids is 1. The Labute approximate surface area is 155 Å². The van der Waals surface area contributed by atoms with Crippen molar-refractivity contribution >= 4 is 15.9 Å². The first-order chi connectivity index (χ1) is 12.4. The van der Waals surface area contributed by atoms with Crippen LogP contribution in [0.25, 0.3) is 0 Å². The Kier molecular flexibility index (Phi) is 5.44. The Balaban J connectivity index is 1.75. The molecule has 0 aromatic heterocycles. The van der Waals surface area contributed by atoms with Crippen LogP contribution in [-0.2, 0) is 14.8 Å². The molecule has 2 atom stereocenters. The molecule has 1 saturated heterocycles. The molecule has 1 heterocycles. The second-order valence-corrected chi connectivity index (χ2v) is 8.62. The van der Waals surface area contributed by atoms with Crippen LogP contribution in [0.1, 0.15) is 36.9 Å². The van der Waals surface area contributed by atoms with Crippen LogP contribution in [0, 0.1) is 6.92 Å². The van der Waals surface area contributed by atoms with Gasteiger partial charge in [0.15, 0.2) is 0 Å². The van der Waals surface area contributed by atoms with E-state index in [2.05, 4.69) is 5.32 Å². The lowest BCUT2D eigenvalue weighted by molar-refractivity contribution is -0.124. The van der Waals surface area contributed by atoms with Crippen LogP contribution in [0.3, 0.4) is 0 Å². The second-order valence-electron chi connectivity index (χ2n) is 6.73. The molecular formula is C20H24N2O3S. The Morgan fingerprint density at radius 2 is 1.77 bits per heavy atom. The van der Waals surface area contributed by atoms with E-state index in [4.69, 9.17) is 0 Å². The fraction of sp³-hybridized carbons (Fsp3) is 0.350. The molecule has 5 nitrogen and oxygen atoms in total. The summed E-state index contributed by atoms with van der Waals surface area (Å²) in [4.78, 5) is 13.0. The minimum absolute atomic E-state index is 0.176. The number of amides is 1. The van der Waals surface area contributed by atoms with Gasteiger partial charge in [0.1, 0.15) is 6.04 Å². The van der Waals surface area contributed by atoms with Gasteiger partial charge in [-0.15, -0.1) is 0 Å². The minimum atomic E-state index is -3.67. The van der Waals surface area contributed by atoms with Crippen LogP contribution in [0.15, 0.2) is 59.5 Å². The SMILES string of the molecule is Cc1ccc(C(C)NC(=O)C2CCCN2S(=O)(=O)c2ccccc2)cc1. The number of rotatable bonds is 5. The summed E-state index contributed by atoms with van der Waals surface area (Å²) in [6.45, 7) is 4.29. The van der Waals surface area contributed by atoms with Crippen LogP contribution in [0.2, 0.25) is 0 Å². The highest BCUT2D eigenvalue weighted by Gasteiger charge is 2.39. The van der Waals surface area contributed by atoms with Crippen molar-refractivity contribution < 1.29 is 13.2 Å². The quantitative estimate of drug-likeness (QED) is 0.877. The van der Waals surface area contributed by atoms with E-state index in [1.54, 1.807) is 30.3 Å². The van der Waals surface area contributed by atoms with Gasteiger partial charge in [-0.2, -0.15) is 4.31 Å². The number of nitrogens with one attached hydrogen (secondary N) is 1. The van der Waals surface area contributed by atoms with E-state index in [1.165, 1.54) is 4.31 Å². The zero-order valence-corrected chi connectivity index (χ0v) is 15.9. The molecule has 2 unspecified atom stereocenters. The first kappa shape index (κ1) is 18.6. The maximum atomic E-state index is 12.9. The van der Waals surface area contributed by atoms with Crippen molar-refractivity contribution in [2.24, 2.45) is 0 Å². The molecule has 1 aliphatic rings. The lowest BCUT2D eigenvalue weighted by Gasteiger charge is -2.25. The Hall–Kier alpha value is -2.18. The highest BCUT2D eigenvalue weighted by molar-refractivity contribution is 7.89. The summed E-state index contributed by atoms with van der Waals surface area (Å²) < 4.78 is 27.1. The van der Waals surface area contributed by atoms with Crippen molar-refractivity contribution in [3.05, 3.63) is 65.7 Å². The van der Waals surface area contributed by atoms with Crippen LogP contribution in [0.5, 0.6) is 0 Å². The molecule has 1 fully saturated rings. The van der Waals surface area contributed by atoms with Gasteiger partial charge in [-0.1, -0.05) is 48.0 Å². The van der Waals surface area contributed by atoms with Gasteiger partial charge >= 0.3 is 0 Å². The highest BCUT2D eigenvalue weighted by atomic mass is 32.2. The van der Waals surface area contributed by atoms with Crippen LogP contribution >= 0.6 is 0 Å². The minimum Gasteiger partial charge on any atom is -0.348 e. The van der Waals surface area contributed by atoms with Crippen LogP contribution in [-0.4, -0.2) is 31.2 Å². The normalized spacial score (nSPS) is 19.2. The largest absolute Gasteiger partial charge is 0.348 e. The van der Waals surface area contributed by atoms with Gasteiger partial charge in [-0.05, 0) is 44.4 Å².